The molecule has 154 valence electrons. The maximum atomic E-state index is 12.7. The highest BCUT2D eigenvalue weighted by Gasteiger charge is 2.24. The predicted octanol–water partition coefficient (Wildman–Crippen LogP) is 3.60. The minimum atomic E-state index is -3.27. The summed E-state index contributed by atoms with van der Waals surface area (Å²) in [5.41, 5.74) is 0.894. The smallest absolute Gasteiger partial charge is 0.275 e. The summed E-state index contributed by atoms with van der Waals surface area (Å²) in [6.45, 7) is 1.68. The molecular weight excluding hydrogens is 390 g/mol. The molecule has 1 fully saturated rings. The molecule has 0 spiro atoms. The van der Waals surface area contributed by atoms with Gasteiger partial charge in [-0.1, -0.05) is 37.1 Å². The number of rotatable bonds is 7. The van der Waals surface area contributed by atoms with Gasteiger partial charge in [-0.2, -0.15) is 0 Å². The zero-order chi connectivity index (χ0) is 20.9. The van der Waals surface area contributed by atoms with E-state index in [4.69, 9.17) is 4.74 Å². The number of amides is 1. The average molecular weight is 416 g/mol. The van der Waals surface area contributed by atoms with Crippen LogP contribution in [0.4, 0.5) is 0 Å². The zero-order valence-electron chi connectivity index (χ0n) is 16.5. The fourth-order valence-electron chi connectivity index (χ4n) is 3.21. The van der Waals surface area contributed by atoms with Crippen molar-refractivity contribution in [2.24, 2.45) is 0 Å². The van der Waals surface area contributed by atoms with Gasteiger partial charge in [0.05, 0.1) is 5.69 Å². The van der Waals surface area contributed by atoms with Gasteiger partial charge >= 0.3 is 0 Å². The van der Waals surface area contributed by atoms with Gasteiger partial charge in [-0.15, -0.1) is 0 Å². The van der Waals surface area contributed by atoms with Crippen molar-refractivity contribution in [3.05, 3.63) is 59.4 Å². The Kier molecular flexibility index (Phi) is 6.64. The third kappa shape index (κ3) is 6.12. The van der Waals surface area contributed by atoms with Crippen molar-refractivity contribution in [1.82, 2.24) is 15.3 Å². The van der Waals surface area contributed by atoms with Crippen LogP contribution in [0.3, 0.4) is 0 Å². The Morgan fingerprint density at radius 1 is 1.24 bits per heavy atom. The van der Waals surface area contributed by atoms with Gasteiger partial charge in [-0.25, -0.2) is 18.4 Å². The predicted molar refractivity (Wildman–Crippen MR) is 111 cm³/mol. The molecule has 2 aromatic rings. The summed E-state index contributed by atoms with van der Waals surface area (Å²) in [7, 11) is -3.27. The Morgan fingerprint density at radius 3 is 2.59 bits per heavy atom. The Hall–Kier alpha value is -2.74. The third-order valence-electron chi connectivity index (χ3n) is 4.68. The quantitative estimate of drug-likeness (QED) is 0.742. The van der Waals surface area contributed by atoms with Gasteiger partial charge in [0.2, 0.25) is 0 Å². The molecule has 0 saturated heterocycles. The van der Waals surface area contributed by atoms with Crippen LogP contribution in [-0.4, -0.2) is 36.6 Å². The van der Waals surface area contributed by atoms with Crippen molar-refractivity contribution in [2.75, 3.05) is 6.26 Å². The number of ether oxygens (including phenoxy) is 1. The van der Waals surface area contributed by atoms with Crippen molar-refractivity contribution in [3.63, 3.8) is 0 Å². The number of hydrogen-bond acceptors (Lipinski definition) is 6. The molecule has 0 radical (unpaired) electrons. The molecule has 1 N–H and O–H groups in total. The highest BCUT2D eigenvalue weighted by Crippen LogP contribution is 2.34. The van der Waals surface area contributed by atoms with E-state index in [9.17, 15) is 13.2 Å². The average Bonchev–Trinajstić information content (AvgIpc) is 3.21. The molecule has 1 aliphatic rings. The van der Waals surface area contributed by atoms with Gasteiger partial charge in [0.25, 0.3) is 11.8 Å². The summed E-state index contributed by atoms with van der Waals surface area (Å²) in [4.78, 5) is 21.7. The number of hydrogen-bond donors (Lipinski definition) is 1. The molecule has 7 nitrogen and oxygen atoms in total. The van der Waals surface area contributed by atoms with E-state index in [2.05, 4.69) is 15.3 Å². The second-order valence-electron chi connectivity index (χ2n) is 7.27. The molecule has 1 unspecified atom stereocenters. The van der Waals surface area contributed by atoms with Gasteiger partial charge in [-0.05, 0) is 31.9 Å². The number of carbonyl (C=O) groups is 1. The minimum absolute atomic E-state index is 0.0650. The van der Waals surface area contributed by atoms with Crippen LogP contribution in [0.1, 0.15) is 54.7 Å². The monoisotopic (exact) mass is 415 g/mol. The van der Waals surface area contributed by atoms with E-state index in [1.165, 1.54) is 6.08 Å². The second-order valence-corrected chi connectivity index (χ2v) is 9.20. The summed E-state index contributed by atoms with van der Waals surface area (Å²) >= 11 is 0. The number of benzene rings is 1. The highest BCUT2D eigenvalue weighted by molar-refractivity contribution is 7.93. The van der Waals surface area contributed by atoms with E-state index in [-0.39, 0.29) is 11.6 Å². The van der Waals surface area contributed by atoms with E-state index in [1.54, 1.807) is 25.3 Å². The lowest BCUT2D eigenvalue weighted by Gasteiger charge is -2.15. The normalized spacial score (nSPS) is 16.1. The number of carbonyl (C=O) groups excluding carboxylic acids is 1. The topological polar surface area (TPSA) is 98.2 Å². The van der Waals surface area contributed by atoms with E-state index in [0.29, 0.717) is 11.7 Å². The van der Waals surface area contributed by atoms with Crippen LogP contribution in [-0.2, 0) is 9.84 Å². The van der Waals surface area contributed by atoms with Gasteiger partial charge in [0, 0.05) is 29.8 Å². The molecule has 1 aliphatic carbocycles. The first-order valence-corrected chi connectivity index (χ1v) is 11.6. The van der Waals surface area contributed by atoms with Crippen molar-refractivity contribution in [3.8, 4) is 11.6 Å². The van der Waals surface area contributed by atoms with Crippen molar-refractivity contribution in [1.29, 1.82) is 0 Å². The summed E-state index contributed by atoms with van der Waals surface area (Å²) in [6, 6.07) is 8.60. The minimum Gasteiger partial charge on any atom is -0.437 e. The largest absolute Gasteiger partial charge is 0.437 e. The maximum absolute atomic E-state index is 12.7. The van der Waals surface area contributed by atoms with Crippen LogP contribution >= 0.6 is 0 Å². The van der Waals surface area contributed by atoms with E-state index in [1.807, 2.05) is 18.2 Å². The summed E-state index contributed by atoms with van der Waals surface area (Å²) in [6.07, 6.45) is 8.57. The van der Waals surface area contributed by atoms with E-state index >= 15 is 0 Å². The molecule has 1 atom stereocenters. The first kappa shape index (κ1) is 21.0. The van der Waals surface area contributed by atoms with Crippen molar-refractivity contribution in [2.45, 2.75) is 44.6 Å². The summed E-state index contributed by atoms with van der Waals surface area (Å²) in [5.74, 6) is 0.559. The summed E-state index contributed by atoms with van der Waals surface area (Å²) < 4.78 is 28.4. The number of sulfone groups is 1. The third-order valence-corrected chi connectivity index (χ3v) is 5.33. The molecule has 8 heteroatoms. The lowest BCUT2D eigenvalue weighted by Crippen LogP contribution is -2.32. The number of aromatic nitrogens is 2. The van der Waals surface area contributed by atoms with Crippen molar-refractivity contribution < 1.29 is 17.9 Å². The van der Waals surface area contributed by atoms with Gasteiger partial charge in [-0.3, -0.25) is 4.79 Å². The molecule has 1 saturated carbocycles. The Bertz CT molecular complexity index is 984. The number of nitrogens with zero attached hydrogens (tertiary/aromatic N) is 2. The first-order chi connectivity index (χ1) is 13.8. The molecule has 29 heavy (non-hydrogen) atoms. The molecule has 0 aliphatic heterocycles. The lowest BCUT2D eigenvalue weighted by atomic mass is 10.0. The first-order valence-electron chi connectivity index (χ1n) is 9.61. The van der Waals surface area contributed by atoms with Crippen LogP contribution in [0.2, 0.25) is 0 Å². The van der Waals surface area contributed by atoms with E-state index in [0.717, 1.165) is 43.0 Å². The van der Waals surface area contributed by atoms with Crippen LogP contribution in [0.5, 0.6) is 11.6 Å². The standard InChI is InChI=1S/C21H25N3O4S/c1-15(12-13-29(2,26)27)23-20(25)19-21(28-17-10-4-3-5-11-17)24-18(14-22-19)16-8-6-7-9-16/h3-5,10-16H,6-9H2,1-2H3,(H,23,25)/b13-12+. The van der Waals surface area contributed by atoms with Crippen LogP contribution < -0.4 is 10.1 Å². The SMILES string of the molecule is CC(/C=C/S(C)(=O)=O)NC(=O)c1ncc(C2CCCC2)nc1Oc1ccccc1. The Balaban J connectivity index is 1.85. The summed E-state index contributed by atoms with van der Waals surface area (Å²) in [5, 5.41) is 3.77. The fraction of sp³-hybridized carbons (Fsp3) is 0.381. The Morgan fingerprint density at radius 2 is 1.93 bits per heavy atom. The molecule has 1 aromatic heterocycles. The van der Waals surface area contributed by atoms with Crippen LogP contribution in [0.15, 0.2) is 48.0 Å². The highest BCUT2D eigenvalue weighted by atomic mass is 32.2. The van der Waals surface area contributed by atoms with Crippen LogP contribution in [0.25, 0.3) is 0 Å². The lowest BCUT2D eigenvalue weighted by molar-refractivity contribution is 0.0938. The zero-order valence-corrected chi connectivity index (χ0v) is 17.4. The van der Waals surface area contributed by atoms with Gasteiger partial charge in [0.15, 0.2) is 15.5 Å². The Labute approximate surface area is 171 Å². The molecule has 1 amide bonds. The maximum Gasteiger partial charge on any atom is 0.275 e. The van der Waals surface area contributed by atoms with Crippen molar-refractivity contribution >= 4 is 15.7 Å². The number of nitrogens with one attached hydrogen (secondary N) is 1. The molecule has 0 bridgehead atoms. The molecule has 1 heterocycles. The molecule has 1 aromatic carbocycles. The second kappa shape index (κ2) is 9.17. The van der Waals surface area contributed by atoms with Crippen LogP contribution in [0, 0.1) is 0 Å². The fourth-order valence-corrected chi connectivity index (χ4v) is 3.74. The van der Waals surface area contributed by atoms with E-state index < -0.39 is 21.8 Å². The van der Waals surface area contributed by atoms with Gasteiger partial charge in [0.1, 0.15) is 5.75 Å². The molecule has 3 rings (SSSR count). The number of para-hydroxylation sites is 1. The van der Waals surface area contributed by atoms with Gasteiger partial charge < -0.3 is 10.1 Å². The molecular formula is C21H25N3O4S.